The number of hydrogen-bond acceptors (Lipinski definition) is 3. The summed E-state index contributed by atoms with van der Waals surface area (Å²) in [4.78, 5) is 26.8. The Kier molecular flexibility index (Phi) is 5.80. The molecule has 1 aromatic carbocycles. The molecule has 2 amide bonds. The number of carbonyl (C=O) groups is 2. The van der Waals surface area contributed by atoms with Crippen LogP contribution in [0.2, 0.25) is 5.02 Å². The Bertz CT molecular complexity index is 699. The molecule has 1 aromatic heterocycles. The van der Waals surface area contributed by atoms with Crippen LogP contribution in [0, 0.1) is 5.92 Å². The minimum absolute atomic E-state index is 0.0954. The zero-order chi connectivity index (χ0) is 17.0. The SMILES string of the molecule is CC(C)CN(C)C(=O)c1ccc(Cl)c(NC(=O)c2cccs2)c1. The fourth-order valence-electron chi connectivity index (χ4n) is 2.20. The summed E-state index contributed by atoms with van der Waals surface area (Å²) in [7, 11) is 1.76. The quantitative estimate of drug-likeness (QED) is 0.869. The van der Waals surface area contributed by atoms with Crippen LogP contribution in [0.3, 0.4) is 0 Å². The van der Waals surface area contributed by atoms with Gasteiger partial charge < -0.3 is 10.2 Å². The Morgan fingerprint density at radius 3 is 2.65 bits per heavy atom. The molecule has 0 saturated heterocycles. The Labute approximate surface area is 145 Å². The number of carbonyl (C=O) groups excluding carboxylic acids is 2. The van der Waals surface area contributed by atoms with Crippen LogP contribution in [0.25, 0.3) is 0 Å². The fourth-order valence-corrected chi connectivity index (χ4v) is 2.98. The maximum absolute atomic E-state index is 12.4. The van der Waals surface area contributed by atoms with Gasteiger partial charge in [-0.1, -0.05) is 31.5 Å². The van der Waals surface area contributed by atoms with E-state index < -0.39 is 0 Å². The van der Waals surface area contributed by atoms with Crippen LogP contribution in [0.5, 0.6) is 0 Å². The number of anilines is 1. The van der Waals surface area contributed by atoms with Crippen molar-refractivity contribution in [3.05, 3.63) is 51.2 Å². The van der Waals surface area contributed by atoms with E-state index in [0.717, 1.165) is 0 Å². The summed E-state index contributed by atoms with van der Waals surface area (Å²) in [6.45, 7) is 4.77. The predicted octanol–water partition coefficient (Wildman–Crippen LogP) is 4.38. The largest absolute Gasteiger partial charge is 0.341 e. The molecule has 0 spiro atoms. The van der Waals surface area contributed by atoms with Gasteiger partial charge in [0.2, 0.25) is 0 Å². The molecule has 0 aliphatic heterocycles. The van der Waals surface area contributed by atoms with Crippen molar-refractivity contribution in [3.63, 3.8) is 0 Å². The molecule has 0 unspecified atom stereocenters. The number of hydrogen-bond donors (Lipinski definition) is 1. The molecule has 1 heterocycles. The first-order valence-electron chi connectivity index (χ1n) is 7.28. The standard InChI is InChI=1S/C17H19ClN2O2S/c1-11(2)10-20(3)17(22)12-6-7-13(18)14(9-12)19-16(21)15-5-4-8-23-15/h4-9,11H,10H2,1-3H3,(H,19,21). The van der Waals surface area contributed by atoms with E-state index in [4.69, 9.17) is 11.6 Å². The minimum Gasteiger partial charge on any atom is -0.341 e. The van der Waals surface area contributed by atoms with Gasteiger partial charge in [0.25, 0.3) is 11.8 Å². The van der Waals surface area contributed by atoms with Gasteiger partial charge in [0.15, 0.2) is 0 Å². The van der Waals surface area contributed by atoms with Gasteiger partial charge in [-0.25, -0.2) is 0 Å². The first-order chi connectivity index (χ1) is 10.9. The smallest absolute Gasteiger partial charge is 0.265 e. The molecule has 0 bridgehead atoms. The normalized spacial score (nSPS) is 10.7. The maximum atomic E-state index is 12.4. The number of amides is 2. The molecule has 23 heavy (non-hydrogen) atoms. The van der Waals surface area contributed by atoms with Crippen LogP contribution >= 0.6 is 22.9 Å². The highest BCUT2D eigenvalue weighted by Gasteiger charge is 2.16. The molecule has 0 atom stereocenters. The second-order valence-electron chi connectivity index (χ2n) is 5.71. The van der Waals surface area contributed by atoms with Crippen molar-refractivity contribution in [2.24, 2.45) is 5.92 Å². The Hall–Kier alpha value is -1.85. The molecular weight excluding hydrogens is 332 g/mol. The molecule has 4 nitrogen and oxygen atoms in total. The van der Waals surface area contributed by atoms with Crippen LogP contribution in [-0.2, 0) is 0 Å². The van der Waals surface area contributed by atoms with E-state index in [9.17, 15) is 9.59 Å². The van der Waals surface area contributed by atoms with E-state index in [2.05, 4.69) is 19.2 Å². The maximum Gasteiger partial charge on any atom is 0.265 e. The minimum atomic E-state index is -0.234. The molecule has 0 fully saturated rings. The van der Waals surface area contributed by atoms with Gasteiger partial charge in [-0.05, 0) is 35.6 Å². The van der Waals surface area contributed by atoms with Crippen molar-refractivity contribution < 1.29 is 9.59 Å². The summed E-state index contributed by atoms with van der Waals surface area (Å²) >= 11 is 7.48. The number of halogens is 1. The predicted molar refractivity (Wildman–Crippen MR) is 95.5 cm³/mol. The number of benzene rings is 1. The van der Waals surface area contributed by atoms with Crippen LogP contribution in [0.15, 0.2) is 35.7 Å². The van der Waals surface area contributed by atoms with Crippen molar-refractivity contribution in [2.45, 2.75) is 13.8 Å². The van der Waals surface area contributed by atoms with Crippen LogP contribution < -0.4 is 5.32 Å². The van der Waals surface area contributed by atoms with Gasteiger partial charge >= 0.3 is 0 Å². The van der Waals surface area contributed by atoms with Crippen LogP contribution in [0.1, 0.15) is 33.9 Å². The average Bonchev–Trinajstić information content (AvgIpc) is 3.02. The van der Waals surface area contributed by atoms with Crippen LogP contribution in [-0.4, -0.2) is 30.3 Å². The van der Waals surface area contributed by atoms with E-state index >= 15 is 0 Å². The highest BCUT2D eigenvalue weighted by atomic mass is 35.5. The summed E-state index contributed by atoms with van der Waals surface area (Å²) in [5, 5.41) is 4.99. The zero-order valence-corrected chi connectivity index (χ0v) is 14.9. The van der Waals surface area contributed by atoms with Crippen LogP contribution in [0.4, 0.5) is 5.69 Å². The molecule has 6 heteroatoms. The molecule has 0 radical (unpaired) electrons. The first-order valence-corrected chi connectivity index (χ1v) is 8.54. The Morgan fingerprint density at radius 2 is 2.04 bits per heavy atom. The lowest BCUT2D eigenvalue weighted by molar-refractivity contribution is 0.0779. The number of nitrogens with zero attached hydrogens (tertiary/aromatic N) is 1. The number of rotatable bonds is 5. The van der Waals surface area contributed by atoms with Gasteiger partial charge in [-0.3, -0.25) is 9.59 Å². The molecule has 2 rings (SSSR count). The van der Waals surface area contributed by atoms with Crippen molar-refractivity contribution in [1.82, 2.24) is 4.90 Å². The third kappa shape index (κ3) is 4.56. The molecule has 1 N–H and O–H groups in total. The summed E-state index contributed by atoms with van der Waals surface area (Å²) in [6, 6.07) is 8.46. The van der Waals surface area contributed by atoms with Crippen molar-refractivity contribution in [2.75, 3.05) is 18.9 Å². The molecule has 2 aromatic rings. The number of thiophene rings is 1. The van der Waals surface area contributed by atoms with Crippen molar-refractivity contribution in [3.8, 4) is 0 Å². The van der Waals surface area contributed by atoms with E-state index in [0.29, 0.717) is 33.6 Å². The van der Waals surface area contributed by atoms with Crippen molar-refractivity contribution >= 4 is 40.4 Å². The van der Waals surface area contributed by atoms with E-state index in [-0.39, 0.29) is 11.8 Å². The van der Waals surface area contributed by atoms with Gasteiger partial charge in [-0.15, -0.1) is 11.3 Å². The summed E-state index contributed by atoms with van der Waals surface area (Å²) < 4.78 is 0. The third-order valence-corrected chi connectivity index (χ3v) is 4.39. The van der Waals surface area contributed by atoms with Crippen molar-refractivity contribution in [1.29, 1.82) is 0 Å². The molecule has 0 saturated carbocycles. The first kappa shape index (κ1) is 17.5. The Morgan fingerprint density at radius 1 is 1.30 bits per heavy atom. The lowest BCUT2D eigenvalue weighted by Crippen LogP contribution is -2.30. The lowest BCUT2D eigenvalue weighted by atomic mass is 10.1. The molecule has 0 aliphatic carbocycles. The van der Waals surface area contributed by atoms with E-state index in [1.54, 1.807) is 36.2 Å². The average molecular weight is 351 g/mol. The molecular formula is C17H19ClN2O2S. The summed E-state index contributed by atoms with van der Waals surface area (Å²) in [5.74, 6) is 0.0540. The summed E-state index contributed by atoms with van der Waals surface area (Å²) in [6.07, 6.45) is 0. The van der Waals surface area contributed by atoms with Gasteiger partial charge in [-0.2, -0.15) is 0 Å². The lowest BCUT2D eigenvalue weighted by Gasteiger charge is -2.20. The van der Waals surface area contributed by atoms with Gasteiger partial charge in [0, 0.05) is 19.2 Å². The Balaban J connectivity index is 2.18. The van der Waals surface area contributed by atoms with E-state index in [1.165, 1.54) is 11.3 Å². The van der Waals surface area contributed by atoms with Gasteiger partial charge in [0.05, 0.1) is 15.6 Å². The highest BCUT2D eigenvalue weighted by Crippen LogP contribution is 2.25. The molecule has 122 valence electrons. The third-order valence-electron chi connectivity index (χ3n) is 3.19. The summed E-state index contributed by atoms with van der Waals surface area (Å²) in [5.41, 5.74) is 0.938. The molecule has 0 aliphatic rings. The highest BCUT2D eigenvalue weighted by molar-refractivity contribution is 7.12. The second-order valence-corrected chi connectivity index (χ2v) is 7.06. The van der Waals surface area contributed by atoms with E-state index in [1.807, 2.05) is 11.4 Å². The fraction of sp³-hybridized carbons (Fsp3) is 0.294. The topological polar surface area (TPSA) is 49.4 Å². The van der Waals surface area contributed by atoms with Gasteiger partial charge in [0.1, 0.15) is 0 Å². The number of nitrogens with one attached hydrogen (secondary N) is 1. The second kappa shape index (κ2) is 7.62. The zero-order valence-electron chi connectivity index (χ0n) is 13.3. The monoisotopic (exact) mass is 350 g/mol.